The number of hydrogen-bond donors (Lipinski definition) is 4. The highest BCUT2D eigenvalue weighted by Crippen LogP contribution is 2.30. The van der Waals surface area contributed by atoms with E-state index < -0.39 is 11.8 Å². The minimum Gasteiger partial charge on any atom is -0.396 e. The summed E-state index contributed by atoms with van der Waals surface area (Å²) < 4.78 is 0. The maximum absolute atomic E-state index is 9.18. The maximum atomic E-state index is 9.18. The van der Waals surface area contributed by atoms with Crippen LogP contribution in [0.4, 0.5) is 0 Å². The Morgan fingerprint density at radius 3 is 2.40 bits per heavy atom. The second kappa shape index (κ2) is 2.47. The Kier molecular flexibility index (Phi) is 1.96. The Balaban J connectivity index is 2.53. The van der Waals surface area contributed by atoms with Crippen LogP contribution >= 0.6 is 0 Å². The zero-order chi connectivity index (χ0) is 7.78. The Morgan fingerprint density at radius 2 is 2.20 bits per heavy atom. The topological polar surface area (TPSA) is 86.7 Å². The molecule has 10 heavy (non-hydrogen) atoms. The molecule has 0 saturated heterocycles. The van der Waals surface area contributed by atoms with Gasteiger partial charge in [0.1, 0.15) is 5.72 Å². The molecule has 0 heterocycles. The average molecular weight is 147 g/mol. The van der Waals surface area contributed by atoms with Crippen LogP contribution in [0, 0.1) is 5.92 Å². The van der Waals surface area contributed by atoms with Crippen molar-refractivity contribution in [2.45, 2.75) is 24.7 Å². The lowest BCUT2D eigenvalue weighted by Gasteiger charge is -2.19. The Hall–Kier alpha value is -0.160. The maximum Gasteiger partial charge on any atom is 0.140 e. The van der Waals surface area contributed by atoms with Crippen molar-refractivity contribution in [2.75, 3.05) is 6.61 Å². The molecule has 0 radical (unpaired) electrons. The summed E-state index contributed by atoms with van der Waals surface area (Å²) >= 11 is 0. The van der Waals surface area contributed by atoms with Crippen LogP contribution in [-0.2, 0) is 0 Å². The van der Waals surface area contributed by atoms with Crippen molar-refractivity contribution in [2.24, 2.45) is 11.7 Å². The highest BCUT2D eigenvalue weighted by Gasteiger charge is 2.41. The third-order valence-electron chi connectivity index (χ3n) is 2.01. The second-order valence-corrected chi connectivity index (χ2v) is 3.00. The van der Waals surface area contributed by atoms with Gasteiger partial charge in [-0.1, -0.05) is 0 Å². The van der Waals surface area contributed by atoms with Crippen LogP contribution in [-0.4, -0.2) is 33.8 Å². The third kappa shape index (κ3) is 1.29. The molecule has 3 unspecified atom stereocenters. The summed E-state index contributed by atoms with van der Waals surface area (Å²) in [6.45, 7) is -0.0173. The van der Waals surface area contributed by atoms with Gasteiger partial charge in [-0.2, -0.15) is 0 Å². The zero-order valence-corrected chi connectivity index (χ0v) is 5.70. The second-order valence-electron chi connectivity index (χ2n) is 3.00. The molecule has 0 aliphatic heterocycles. The van der Waals surface area contributed by atoms with Crippen molar-refractivity contribution in [3.8, 4) is 0 Å². The highest BCUT2D eigenvalue weighted by atomic mass is 16.4. The summed E-state index contributed by atoms with van der Waals surface area (Å²) in [4.78, 5) is 0. The molecule has 0 bridgehead atoms. The summed E-state index contributed by atoms with van der Waals surface area (Å²) in [6.07, 6.45) is -0.210. The first-order valence-electron chi connectivity index (χ1n) is 3.36. The van der Waals surface area contributed by atoms with Gasteiger partial charge in [-0.05, 0) is 18.8 Å². The lowest BCUT2D eigenvalue weighted by Crippen LogP contribution is -2.46. The molecule has 1 saturated carbocycles. The molecular formula is C6H13NO3. The molecule has 5 N–H and O–H groups in total. The van der Waals surface area contributed by atoms with Crippen molar-refractivity contribution in [1.29, 1.82) is 0 Å². The van der Waals surface area contributed by atoms with Crippen molar-refractivity contribution in [3.05, 3.63) is 0 Å². The molecule has 4 heteroatoms. The van der Waals surface area contributed by atoms with Crippen LogP contribution in [0.15, 0.2) is 0 Å². The fourth-order valence-electron chi connectivity index (χ4n) is 1.34. The van der Waals surface area contributed by atoms with Crippen molar-refractivity contribution in [1.82, 2.24) is 0 Å². The summed E-state index contributed by atoms with van der Waals surface area (Å²) in [5.74, 6) is -0.0509. The normalized spacial score (nSPS) is 48.0. The van der Waals surface area contributed by atoms with E-state index in [4.69, 9.17) is 15.9 Å². The first-order chi connectivity index (χ1) is 4.56. The quantitative estimate of drug-likeness (QED) is 0.336. The van der Waals surface area contributed by atoms with Gasteiger partial charge in [0.25, 0.3) is 0 Å². The molecule has 0 aromatic carbocycles. The van der Waals surface area contributed by atoms with Gasteiger partial charge in [0, 0.05) is 6.61 Å². The van der Waals surface area contributed by atoms with Crippen LogP contribution < -0.4 is 5.73 Å². The molecule has 0 spiro atoms. The Bertz CT molecular complexity index is 126. The molecule has 0 aromatic rings. The molecule has 60 valence electrons. The number of hydrogen-bond acceptors (Lipinski definition) is 4. The summed E-state index contributed by atoms with van der Waals surface area (Å²) in [5, 5.41) is 26.9. The van der Waals surface area contributed by atoms with E-state index in [0.29, 0.717) is 6.42 Å². The SMILES string of the molecule is NC1(O)CC(CO)CC1O. The molecule has 1 fully saturated rings. The minimum absolute atomic E-state index is 0.0173. The van der Waals surface area contributed by atoms with Gasteiger partial charge in [-0.3, -0.25) is 0 Å². The molecule has 3 atom stereocenters. The minimum atomic E-state index is -1.48. The third-order valence-corrected chi connectivity index (χ3v) is 2.01. The van der Waals surface area contributed by atoms with E-state index in [1.807, 2.05) is 0 Å². The van der Waals surface area contributed by atoms with Crippen LogP contribution in [0.1, 0.15) is 12.8 Å². The van der Waals surface area contributed by atoms with Gasteiger partial charge in [0.05, 0.1) is 6.10 Å². The van der Waals surface area contributed by atoms with E-state index in [9.17, 15) is 5.11 Å². The van der Waals surface area contributed by atoms with Gasteiger partial charge in [0.15, 0.2) is 0 Å². The van der Waals surface area contributed by atoms with Crippen molar-refractivity contribution in [3.63, 3.8) is 0 Å². The van der Waals surface area contributed by atoms with Gasteiger partial charge in [-0.25, -0.2) is 0 Å². The smallest absolute Gasteiger partial charge is 0.140 e. The number of aliphatic hydroxyl groups is 3. The standard InChI is InChI=1S/C6H13NO3/c7-6(10)2-4(3-8)1-5(6)9/h4-5,8-10H,1-3,7H2. The van der Waals surface area contributed by atoms with E-state index in [1.165, 1.54) is 0 Å². The predicted molar refractivity (Wildman–Crippen MR) is 35.0 cm³/mol. The van der Waals surface area contributed by atoms with Crippen molar-refractivity contribution < 1.29 is 15.3 Å². The van der Waals surface area contributed by atoms with E-state index in [2.05, 4.69) is 0 Å². The molecule has 0 amide bonds. The van der Waals surface area contributed by atoms with Crippen LogP contribution in [0.5, 0.6) is 0 Å². The number of aliphatic hydroxyl groups excluding tert-OH is 2. The van der Waals surface area contributed by atoms with E-state index >= 15 is 0 Å². The summed E-state index contributed by atoms with van der Waals surface area (Å²) in [6, 6.07) is 0. The number of nitrogens with two attached hydrogens (primary N) is 1. The van der Waals surface area contributed by atoms with E-state index in [0.717, 1.165) is 0 Å². The first-order valence-corrected chi connectivity index (χ1v) is 3.36. The monoisotopic (exact) mass is 147 g/mol. The molecule has 1 aliphatic carbocycles. The largest absolute Gasteiger partial charge is 0.396 e. The summed E-state index contributed by atoms with van der Waals surface area (Å²) in [5.41, 5.74) is 3.80. The van der Waals surface area contributed by atoms with E-state index in [1.54, 1.807) is 0 Å². The average Bonchev–Trinajstić information content (AvgIpc) is 2.08. The summed E-state index contributed by atoms with van der Waals surface area (Å²) in [7, 11) is 0. The van der Waals surface area contributed by atoms with Crippen LogP contribution in [0.2, 0.25) is 0 Å². The molecule has 1 rings (SSSR count). The Labute approximate surface area is 59.3 Å². The van der Waals surface area contributed by atoms with Gasteiger partial charge in [0.2, 0.25) is 0 Å². The first kappa shape index (κ1) is 7.94. The van der Waals surface area contributed by atoms with Crippen LogP contribution in [0.25, 0.3) is 0 Å². The predicted octanol–water partition coefficient (Wildman–Crippen LogP) is -1.60. The van der Waals surface area contributed by atoms with E-state index in [-0.39, 0.29) is 18.9 Å². The molecule has 4 nitrogen and oxygen atoms in total. The highest BCUT2D eigenvalue weighted by molar-refractivity contribution is 4.91. The lowest BCUT2D eigenvalue weighted by molar-refractivity contribution is -0.0484. The van der Waals surface area contributed by atoms with Crippen LogP contribution in [0.3, 0.4) is 0 Å². The zero-order valence-electron chi connectivity index (χ0n) is 5.70. The van der Waals surface area contributed by atoms with Gasteiger partial charge in [-0.15, -0.1) is 0 Å². The molecule has 0 aromatic heterocycles. The fourth-order valence-corrected chi connectivity index (χ4v) is 1.34. The lowest BCUT2D eigenvalue weighted by atomic mass is 10.1. The number of rotatable bonds is 1. The molecule has 1 aliphatic rings. The molecular weight excluding hydrogens is 134 g/mol. The van der Waals surface area contributed by atoms with Gasteiger partial charge < -0.3 is 21.1 Å². The Morgan fingerprint density at radius 1 is 1.60 bits per heavy atom. The van der Waals surface area contributed by atoms with Crippen molar-refractivity contribution >= 4 is 0 Å². The van der Waals surface area contributed by atoms with Gasteiger partial charge >= 0.3 is 0 Å². The fraction of sp³-hybridized carbons (Fsp3) is 1.00.